The van der Waals surface area contributed by atoms with Crippen LogP contribution in [0.5, 0.6) is 0 Å². The molecule has 0 atom stereocenters. The Morgan fingerprint density at radius 2 is 1.25 bits per heavy atom. The molecule has 0 aromatic carbocycles. The first-order valence-electron chi connectivity index (χ1n) is 4.20. The Morgan fingerprint density at radius 1 is 1.00 bits per heavy atom. The van der Waals surface area contributed by atoms with Crippen LogP contribution >= 0.6 is 0 Å². The van der Waals surface area contributed by atoms with E-state index in [-0.39, 0.29) is 0 Å². The Balaban J connectivity index is 0.000000261. The van der Waals surface area contributed by atoms with E-state index in [0.717, 1.165) is 0 Å². The van der Waals surface area contributed by atoms with Crippen LogP contribution in [0.15, 0.2) is 24.3 Å². The standard InChI is InChI=1S/C8H12.CH6N2O/c1-2-4-6-8-7-5-3-1;1-4-3-2/h1-2,7-8H,3-6H2;3H,2H2,1H3. The Labute approximate surface area is 74.2 Å². The molecule has 0 unspecified atom stereocenters. The molecule has 12 heavy (non-hydrogen) atoms. The van der Waals surface area contributed by atoms with Crippen LogP contribution < -0.4 is 11.4 Å². The van der Waals surface area contributed by atoms with Crippen LogP contribution in [-0.4, -0.2) is 7.11 Å². The summed E-state index contributed by atoms with van der Waals surface area (Å²) in [5.74, 6) is 4.56. The van der Waals surface area contributed by atoms with Gasteiger partial charge in [-0.2, -0.15) is 0 Å². The van der Waals surface area contributed by atoms with Gasteiger partial charge in [0.25, 0.3) is 0 Å². The highest BCUT2D eigenvalue weighted by Crippen LogP contribution is 2.02. The number of hydrogen-bond acceptors (Lipinski definition) is 3. The summed E-state index contributed by atoms with van der Waals surface area (Å²) in [7, 11) is 1.44. The van der Waals surface area contributed by atoms with Gasteiger partial charge in [0.05, 0.1) is 7.11 Å². The number of rotatable bonds is 1. The SMILES string of the molecule is C1=CCCC=CCC1.CONN. The summed E-state index contributed by atoms with van der Waals surface area (Å²) in [5.41, 5.74) is 1.93. The molecule has 3 N–H and O–H groups in total. The largest absolute Gasteiger partial charge is 0.291 e. The molecule has 0 aromatic heterocycles. The van der Waals surface area contributed by atoms with Crippen LogP contribution in [0.1, 0.15) is 25.7 Å². The Morgan fingerprint density at radius 3 is 1.42 bits per heavy atom. The fourth-order valence-electron chi connectivity index (χ4n) is 0.856. The average molecular weight is 170 g/mol. The van der Waals surface area contributed by atoms with Crippen LogP contribution in [-0.2, 0) is 4.84 Å². The molecule has 0 saturated heterocycles. The predicted molar refractivity (Wildman–Crippen MR) is 51.1 cm³/mol. The predicted octanol–water partition coefficient (Wildman–Crippen LogP) is 1.68. The maximum Gasteiger partial charge on any atom is 0.0588 e. The second kappa shape index (κ2) is 10.4. The maximum absolute atomic E-state index is 4.56. The van der Waals surface area contributed by atoms with E-state index in [1.54, 1.807) is 0 Å². The average Bonchev–Trinajstić information content (AvgIpc) is 2.04. The van der Waals surface area contributed by atoms with Gasteiger partial charge in [-0.15, -0.1) is 5.59 Å². The van der Waals surface area contributed by atoms with Crippen molar-refractivity contribution >= 4 is 0 Å². The van der Waals surface area contributed by atoms with Gasteiger partial charge in [0.1, 0.15) is 0 Å². The molecule has 0 aromatic rings. The van der Waals surface area contributed by atoms with Gasteiger partial charge >= 0.3 is 0 Å². The minimum Gasteiger partial charge on any atom is -0.291 e. The molecule has 0 saturated carbocycles. The first-order valence-corrected chi connectivity index (χ1v) is 4.20. The molecule has 1 rings (SSSR count). The van der Waals surface area contributed by atoms with Gasteiger partial charge in [-0.3, -0.25) is 4.84 Å². The van der Waals surface area contributed by atoms with Crippen molar-refractivity contribution < 1.29 is 4.84 Å². The lowest BCUT2D eigenvalue weighted by molar-refractivity contribution is 0.0925. The van der Waals surface area contributed by atoms with Crippen molar-refractivity contribution in [2.75, 3.05) is 7.11 Å². The highest BCUT2D eigenvalue weighted by molar-refractivity contribution is 4.93. The first kappa shape index (κ1) is 11.4. The Kier molecular flexibility index (Phi) is 9.81. The summed E-state index contributed by atoms with van der Waals surface area (Å²) < 4.78 is 0. The van der Waals surface area contributed by atoms with Crippen molar-refractivity contribution in [2.24, 2.45) is 5.84 Å². The third-order valence-electron chi connectivity index (χ3n) is 1.45. The molecule has 0 radical (unpaired) electrons. The van der Waals surface area contributed by atoms with Crippen molar-refractivity contribution in [1.29, 1.82) is 0 Å². The normalized spacial score (nSPS) is 15.8. The van der Waals surface area contributed by atoms with Crippen LogP contribution in [0.2, 0.25) is 0 Å². The zero-order chi connectivity index (χ0) is 9.07. The van der Waals surface area contributed by atoms with Gasteiger partial charge in [-0.1, -0.05) is 24.3 Å². The van der Waals surface area contributed by atoms with Gasteiger partial charge in [0.15, 0.2) is 0 Å². The van der Waals surface area contributed by atoms with Crippen LogP contribution in [0.25, 0.3) is 0 Å². The van der Waals surface area contributed by atoms with Crippen LogP contribution in [0.3, 0.4) is 0 Å². The number of nitrogens with two attached hydrogens (primary N) is 1. The van der Waals surface area contributed by atoms with E-state index in [2.05, 4.69) is 35.0 Å². The number of hydrogen-bond donors (Lipinski definition) is 2. The molecule has 0 amide bonds. The minimum absolute atomic E-state index is 1.23. The fourth-order valence-corrected chi connectivity index (χ4v) is 0.856. The topological polar surface area (TPSA) is 47.3 Å². The molecule has 0 fully saturated rings. The van der Waals surface area contributed by atoms with Crippen molar-refractivity contribution in [3.8, 4) is 0 Å². The smallest absolute Gasteiger partial charge is 0.0588 e. The molecule has 0 aliphatic heterocycles. The second-order valence-electron chi connectivity index (χ2n) is 2.42. The van der Waals surface area contributed by atoms with Gasteiger partial charge in [0, 0.05) is 0 Å². The third kappa shape index (κ3) is 9.36. The molecular formula is C9H18N2O. The van der Waals surface area contributed by atoms with E-state index in [9.17, 15) is 0 Å². The fraction of sp³-hybridized carbons (Fsp3) is 0.556. The molecule has 3 heteroatoms. The minimum atomic E-state index is 1.23. The summed E-state index contributed by atoms with van der Waals surface area (Å²) in [5, 5.41) is 0. The maximum atomic E-state index is 4.56. The lowest BCUT2D eigenvalue weighted by atomic mass is 10.1. The van der Waals surface area contributed by atoms with Crippen LogP contribution in [0, 0.1) is 0 Å². The van der Waals surface area contributed by atoms with Gasteiger partial charge in [0.2, 0.25) is 0 Å². The van der Waals surface area contributed by atoms with E-state index in [1.807, 2.05) is 5.59 Å². The van der Waals surface area contributed by atoms with E-state index in [0.29, 0.717) is 0 Å². The van der Waals surface area contributed by atoms with Crippen molar-refractivity contribution in [3.05, 3.63) is 24.3 Å². The lowest BCUT2D eigenvalue weighted by Gasteiger charge is -1.92. The summed E-state index contributed by atoms with van der Waals surface area (Å²) in [6.45, 7) is 0. The molecule has 0 heterocycles. The number of allylic oxidation sites excluding steroid dienone is 4. The summed E-state index contributed by atoms with van der Waals surface area (Å²) in [6.07, 6.45) is 14.0. The molecule has 1 aliphatic rings. The molecule has 1 aliphatic carbocycles. The highest BCUT2D eigenvalue weighted by Gasteiger charge is 1.81. The van der Waals surface area contributed by atoms with Gasteiger partial charge in [-0.25, -0.2) is 5.84 Å². The number of nitrogens with one attached hydrogen (secondary N) is 1. The zero-order valence-electron chi connectivity index (χ0n) is 7.62. The second-order valence-corrected chi connectivity index (χ2v) is 2.42. The molecule has 70 valence electrons. The molecule has 0 spiro atoms. The summed E-state index contributed by atoms with van der Waals surface area (Å²) >= 11 is 0. The van der Waals surface area contributed by atoms with Gasteiger partial charge in [-0.05, 0) is 25.7 Å². The number of hydrazine groups is 1. The quantitative estimate of drug-likeness (QED) is 0.357. The van der Waals surface area contributed by atoms with Crippen molar-refractivity contribution in [1.82, 2.24) is 5.59 Å². The molecular weight excluding hydrogens is 152 g/mol. The monoisotopic (exact) mass is 170 g/mol. The van der Waals surface area contributed by atoms with E-state index in [4.69, 9.17) is 0 Å². The highest BCUT2D eigenvalue weighted by atomic mass is 16.7. The van der Waals surface area contributed by atoms with E-state index in [1.165, 1.54) is 32.8 Å². The van der Waals surface area contributed by atoms with Crippen LogP contribution in [0.4, 0.5) is 0 Å². The molecule has 3 nitrogen and oxygen atoms in total. The van der Waals surface area contributed by atoms with E-state index < -0.39 is 0 Å². The van der Waals surface area contributed by atoms with Crippen molar-refractivity contribution in [2.45, 2.75) is 25.7 Å². The van der Waals surface area contributed by atoms with Crippen molar-refractivity contribution in [3.63, 3.8) is 0 Å². The Hall–Kier alpha value is -0.640. The van der Waals surface area contributed by atoms with E-state index >= 15 is 0 Å². The first-order chi connectivity index (χ1) is 5.91. The summed E-state index contributed by atoms with van der Waals surface area (Å²) in [6, 6.07) is 0. The molecule has 0 bridgehead atoms. The lowest BCUT2D eigenvalue weighted by Crippen LogP contribution is -2.19. The Bertz CT molecular complexity index is 104. The van der Waals surface area contributed by atoms with Gasteiger partial charge < -0.3 is 0 Å². The summed E-state index contributed by atoms with van der Waals surface area (Å²) in [4.78, 5) is 4.07. The third-order valence-corrected chi connectivity index (χ3v) is 1.45. The zero-order valence-corrected chi connectivity index (χ0v) is 7.62.